The molecule has 0 atom stereocenters. The van der Waals surface area contributed by atoms with Crippen LogP contribution in [0.2, 0.25) is 0 Å². The summed E-state index contributed by atoms with van der Waals surface area (Å²) in [5.41, 5.74) is 4.10. The highest BCUT2D eigenvalue weighted by molar-refractivity contribution is 5.93. The van der Waals surface area contributed by atoms with E-state index in [1.807, 2.05) is 25.2 Å². The van der Waals surface area contributed by atoms with E-state index in [1.165, 1.54) is 17.3 Å². The van der Waals surface area contributed by atoms with E-state index in [2.05, 4.69) is 20.4 Å². The van der Waals surface area contributed by atoms with Gasteiger partial charge >= 0.3 is 5.97 Å². The largest absolute Gasteiger partial charge is 0.478 e. The lowest BCUT2D eigenvalue weighted by atomic mass is 10.0. The summed E-state index contributed by atoms with van der Waals surface area (Å²) in [6.45, 7) is 0. The van der Waals surface area contributed by atoms with Crippen LogP contribution >= 0.6 is 0 Å². The minimum Gasteiger partial charge on any atom is -0.478 e. The molecule has 0 amide bonds. The van der Waals surface area contributed by atoms with Crippen LogP contribution in [0.1, 0.15) is 10.4 Å². The highest BCUT2D eigenvalue weighted by Gasteiger charge is 2.14. The second kappa shape index (κ2) is 5.27. The quantitative estimate of drug-likeness (QED) is 0.619. The summed E-state index contributed by atoms with van der Waals surface area (Å²) < 4.78 is 3.14. The third-order valence-electron chi connectivity index (χ3n) is 3.84. The highest BCUT2D eigenvalue weighted by Crippen LogP contribution is 2.27. The van der Waals surface area contributed by atoms with Crippen molar-refractivity contribution >= 4 is 17.0 Å². The predicted octanol–water partition coefficient (Wildman–Crippen LogP) is 1.91. The zero-order valence-electron chi connectivity index (χ0n) is 12.7. The van der Waals surface area contributed by atoms with Crippen molar-refractivity contribution in [1.82, 2.24) is 29.8 Å². The summed E-state index contributed by atoms with van der Waals surface area (Å²) in [6.07, 6.45) is 2.83. The number of aromatic carboxylic acids is 1. The van der Waals surface area contributed by atoms with E-state index >= 15 is 0 Å². The normalized spacial score (nSPS) is 11.0. The lowest BCUT2D eigenvalue weighted by Crippen LogP contribution is -2.06. The van der Waals surface area contributed by atoms with Crippen molar-refractivity contribution in [2.24, 2.45) is 7.05 Å². The first-order valence-electron chi connectivity index (χ1n) is 7.15. The van der Waals surface area contributed by atoms with Crippen LogP contribution in [0.3, 0.4) is 0 Å². The Morgan fingerprint density at radius 3 is 2.67 bits per heavy atom. The number of aromatic nitrogens is 6. The van der Waals surface area contributed by atoms with Crippen molar-refractivity contribution in [3.05, 3.63) is 54.6 Å². The maximum Gasteiger partial charge on any atom is 0.337 e. The van der Waals surface area contributed by atoms with Crippen LogP contribution in [0.15, 0.2) is 49.1 Å². The van der Waals surface area contributed by atoms with Gasteiger partial charge in [0.15, 0.2) is 0 Å². The lowest BCUT2D eigenvalue weighted by molar-refractivity contribution is 0.0697. The fraction of sp³-hybridized carbons (Fsp3) is 0.0625. The van der Waals surface area contributed by atoms with Crippen molar-refractivity contribution in [3.8, 4) is 16.8 Å². The number of rotatable bonds is 3. The van der Waals surface area contributed by atoms with Gasteiger partial charge in [-0.15, -0.1) is 5.10 Å². The van der Waals surface area contributed by atoms with Crippen molar-refractivity contribution in [2.45, 2.75) is 0 Å². The topological polar surface area (TPSA) is 98.7 Å². The zero-order valence-corrected chi connectivity index (χ0v) is 12.7. The molecule has 0 aliphatic carbocycles. The molecule has 0 saturated heterocycles. The number of carboxylic acids is 1. The highest BCUT2D eigenvalue weighted by atomic mass is 16.4. The van der Waals surface area contributed by atoms with Crippen molar-refractivity contribution in [1.29, 1.82) is 0 Å². The number of hydrogen-bond acceptors (Lipinski definition) is 5. The van der Waals surface area contributed by atoms with Gasteiger partial charge in [0.25, 0.3) is 0 Å². The summed E-state index contributed by atoms with van der Waals surface area (Å²) in [7, 11) is 1.83. The lowest BCUT2D eigenvalue weighted by Gasteiger charge is -2.09. The van der Waals surface area contributed by atoms with Gasteiger partial charge in [0.2, 0.25) is 0 Å². The van der Waals surface area contributed by atoms with Gasteiger partial charge in [0.05, 0.1) is 16.8 Å². The van der Waals surface area contributed by atoms with E-state index in [4.69, 9.17) is 0 Å². The molecule has 4 aromatic rings. The van der Waals surface area contributed by atoms with Gasteiger partial charge in [0.1, 0.15) is 18.2 Å². The van der Waals surface area contributed by atoms with Crippen LogP contribution in [0.5, 0.6) is 0 Å². The maximum absolute atomic E-state index is 11.5. The smallest absolute Gasteiger partial charge is 0.337 e. The first kappa shape index (κ1) is 14.1. The maximum atomic E-state index is 11.5. The molecule has 2 aromatic carbocycles. The molecule has 1 N–H and O–H groups in total. The number of carboxylic acid groups (broad SMARTS) is 1. The Morgan fingerprint density at radius 1 is 1.12 bits per heavy atom. The second-order valence-corrected chi connectivity index (χ2v) is 5.29. The SMILES string of the molecule is Cn1nnc2cc(-c3ccc(C(=O)O)c(-n4cncn4)c3)ccc21. The molecule has 2 aromatic heterocycles. The molecule has 0 unspecified atom stereocenters. The Labute approximate surface area is 136 Å². The van der Waals surface area contributed by atoms with E-state index in [-0.39, 0.29) is 5.56 Å². The molecule has 8 heteroatoms. The number of aryl methyl sites for hydroxylation is 1. The van der Waals surface area contributed by atoms with Crippen molar-refractivity contribution in [2.75, 3.05) is 0 Å². The van der Waals surface area contributed by atoms with E-state index in [0.717, 1.165) is 22.2 Å². The second-order valence-electron chi connectivity index (χ2n) is 5.29. The zero-order chi connectivity index (χ0) is 16.7. The molecule has 0 spiro atoms. The number of benzene rings is 2. The van der Waals surface area contributed by atoms with Gasteiger partial charge in [-0.3, -0.25) is 0 Å². The minimum absolute atomic E-state index is 0.157. The molecule has 24 heavy (non-hydrogen) atoms. The summed E-state index contributed by atoms with van der Waals surface area (Å²) in [5.74, 6) is -1.02. The fourth-order valence-electron chi connectivity index (χ4n) is 2.63. The first-order valence-corrected chi connectivity index (χ1v) is 7.15. The molecule has 0 aliphatic heterocycles. The number of nitrogens with zero attached hydrogens (tertiary/aromatic N) is 6. The van der Waals surface area contributed by atoms with E-state index in [1.54, 1.807) is 22.9 Å². The predicted molar refractivity (Wildman–Crippen MR) is 85.8 cm³/mol. The first-order chi connectivity index (χ1) is 11.6. The molecule has 0 aliphatic rings. The van der Waals surface area contributed by atoms with Gasteiger partial charge in [-0.05, 0) is 35.4 Å². The van der Waals surface area contributed by atoms with Crippen LogP contribution in [0.25, 0.3) is 27.8 Å². The average Bonchev–Trinajstić information content (AvgIpc) is 3.24. The Morgan fingerprint density at radius 2 is 1.92 bits per heavy atom. The van der Waals surface area contributed by atoms with E-state index in [9.17, 15) is 9.90 Å². The molecular formula is C16H12N6O2. The molecule has 0 fully saturated rings. The Bertz CT molecular complexity index is 1050. The molecule has 0 radical (unpaired) electrons. The average molecular weight is 320 g/mol. The molecule has 8 nitrogen and oxygen atoms in total. The van der Waals surface area contributed by atoms with Gasteiger partial charge in [-0.25, -0.2) is 19.1 Å². The number of hydrogen-bond donors (Lipinski definition) is 1. The Hall–Kier alpha value is -3.55. The van der Waals surface area contributed by atoms with Gasteiger partial charge < -0.3 is 5.11 Å². The van der Waals surface area contributed by atoms with E-state index in [0.29, 0.717) is 5.69 Å². The van der Waals surface area contributed by atoms with Crippen molar-refractivity contribution in [3.63, 3.8) is 0 Å². The minimum atomic E-state index is -1.02. The van der Waals surface area contributed by atoms with Crippen LogP contribution in [-0.4, -0.2) is 40.8 Å². The van der Waals surface area contributed by atoms with Crippen LogP contribution in [-0.2, 0) is 7.05 Å². The van der Waals surface area contributed by atoms with Crippen molar-refractivity contribution < 1.29 is 9.90 Å². The standard InChI is InChI=1S/C16H12N6O2/c1-21-14-5-3-10(6-13(14)19-20-21)11-2-4-12(16(23)24)15(7-11)22-9-17-8-18-22/h2-9H,1H3,(H,23,24). The monoisotopic (exact) mass is 320 g/mol. The number of fused-ring (bicyclic) bond motifs is 1. The Balaban J connectivity index is 1.88. The molecule has 4 rings (SSSR count). The summed E-state index contributed by atoms with van der Waals surface area (Å²) in [4.78, 5) is 15.3. The fourth-order valence-corrected chi connectivity index (χ4v) is 2.63. The van der Waals surface area contributed by atoms with Crippen LogP contribution in [0.4, 0.5) is 0 Å². The molecule has 118 valence electrons. The molecule has 0 saturated carbocycles. The third kappa shape index (κ3) is 2.21. The van der Waals surface area contributed by atoms with Gasteiger partial charge in [0, 0.05) is 7.05 Å². The third-order valence-corrected chi connectivity index (χ3v) is 3.84. The molecule has 0 bridgehead atoms. The van der Waals surface area contributed by atoms with Gasteiger partial charge in [-0.2, -0.15) is 5.10 Å². The summed E-state index contributed by atoms with van der Waals surface area (Å²) in [5, 5.41) is 21.5. The van der Waals surface area contributed by atoms with Gasteiger partial charge in [-0.1, -0.05) is 17.3 Å². The van der Waals surface area contributed by atoms with E-state index < -0.39 is 5.97 Å². The summed E-state index contributed by atoms with van der Waals surface area (Å²) >= 11 is 0. The van der Waals surface area contributed by atoms with Crippen LogP contribution < -0.4 is 0 Å². The summed E-state index contributed by atoms with van der Waals surface area (Å²) in [6, 6.07) is 10.9. The van der Waals surface area contributed by atoms with Crippen LogP contribution in [0, 0.1) is 0 Å². The molecule has 2 heterocycles. The number of carbonyl (C=O) groups is 1. The Kier molecular flexibility index (Phi) is 3.09. The molecular weight excluding hydrogens is 308 g/mol.